The monoisotopic (exact) mass is 338 g/mol. The van der Waals surface area contributed by atoms with Gasteiger partial charge in [-0.1, -0.05) is 15.9 Å². The topological polar surface area (TPSA) is 47.0 Å². The molecule has 0 aliphatic rings. The number of benzene rings is 1. The highest BCUT2D eigenvalue weighted by molar-refractivity contribution is 9.10. The van der Waals surface area contributed by atoms with E-state index in [1.807, 2.05) is 12.1 Å². The number of nitrogen functional groups attached to an aromatic ring is 1. The van der Waals surface area contributed by atoms with Crippen LogP contribution >= 0.6 is 15.9 Å². The van der Waals surface area contributed by atoms with Crippen LogP contribution in [0.25, 0.3) is 6.20 Å². The maximum Gasteiger partial charge on any atom is 0.191 e. The molecule has 5 heteroatoms. The lowest BCUT2D eigenvalue weighted by Crippen LogP contribution is -3.00. The molecule has 0 saturated heterocycles. The summed E-state index contributed by atoms with van der Waals surface area (Å²) in [5.74, 6) is -0.0353. The third-order valence-corrected chi connectivity index (χ3v) is 2.93. The van der Waals surface area contributed by atoms with Crippen LogP contribution in [-0.4, -0.2) is 5.78 Å². The normalized spacial score (nSPS) is 10.2. The predicted molar refractivity (Wildman–Crippen MR) is 74.9 cm³/mol. The number of hydrogen-bond donors (Lipinski definition) is 1. The number of ketones is 1. The summed E-state index contributed by atoms with van der Waals surface area (Å²) in [6.45, 7) is 0. The van der Waals surface area contributed by atoms with Crippen LogP contribution in [-0.2, 0) is 0 Å². The van der Waals surface area contributed by atoms with Crippen LogP contribution in [0.1, 0.15) is 10.4 Å². The summed E-state index contributed by atoms with van der Waals surface area (Å²) in [5.41, 5.74) is 6.93. The first-order valence-corrected chi connectivity index (χ1v) is 6.19. The van der Waals surface area contributed by atoms with Gasteiger partial charge in [-0.2, -0.15) is 4.57 Å². The summed E-state index contributed by atoms with van der Waals surface area (Å²) in [6, 6.07) is 10.8. The van der Waals surface area contributed by atoms with E-state index in [1.165, 1.54) is 6.08 Å². The standard InChI is InChI=1S/C14H11BrN2O.ClH/c15-12-3-1-11(2-4-12)14(18)7-10-17-8-5-13(16)6-9-17;/h1-10,16H;1H/b10-7+;. The average Bonchev–Trinajstić information content (AvgIpc) is 2.38. The van der Waals surface area contributed by atoms with E-state index in [0.717, 1.165) is 4.47 Å². The third kappa shape index (κ3) is 4.50. The molecular formula is C14H12BrClN2O. The highest BCUT2D eigenvalue weighted by atomic mass is 79.9. The fourth-order valence-corrected chi connectivity index (χ4v) is 1.68. The highest BCUT2D eigenvalue weighted by Crippen LogP contribution is 2.11. The molecule has 3 nitrogen and oxygen atoms in total. The zero-order valence-electron chi connectivity index (χ0n) is 9.96. The van der Waals surface area contributed by atoms with Crippen molar-refractivity contribution < 1.29 is 21.8 Å². The Labute approximate surface area is 126 Å². The van der Waals surface area contributed by atoms with Gasteiger partial charge in [-0.25, -0.2) is 0 Å². The van der Waals surface area contributed by atoms with Crippen LogP contribution in [0.2, 0.25) is 0 Å². The Kier molecular flexibility index (Phi) is 5.73. The van der Waals surface area contributed by atoms with Crippen LogP contribution in [0.15, 0.2) is 59.3 Å². The average molecular weight is 340 g/mol. The fraction of sp³-hybridized carbons (Fsp3) is 0. The number of pyridine rings is 1. The summed E-state index contributed by atoms with van der Waals surface area (Å²) in [7, 11) is 0. The SMILES string of the molecule is Nc1cc[n+](/C=C/C(=O)c2ccc(Br)cc2)cc1.[Cl-]. The Morgan fingerprint density at radius 1 is 1.11 bits per heavy atom. The number of allylic oxidation sites excluding steroid dienone is 1. The number of carbonyl (C=O) groups excluding carboxylic acids is 1. The van der Waals surface area contributed by atoms with Crippen molar-refractivity contribution in [3.63, 3.8) is 0 Å². The van der Waals surface area contributed by atoms with Crippen LogP contribution in [0.5, 0.6) is 0 Å². The zero-order valence-corrected chi connectivity index (χ0v) is 12.3. The molecule has 0 bridgehead atoms. The molecule has 0 spiro atoms. The van der Waals surface area contributed by atoms with Gasteiger partial charge in [-0.3, -0.25) is 4.79 Å². The quantitative estimate of drug-likeness (QED) is 0.473. The number of nitrogens with two attached hydrogens (primary N) is 1. The first kappa shape index (κ1) is 15.4. The van der Waals surface area contributed by atoms with E-state index < -0.39 is 0 Å². The molecular weight excluding hydrogens is 328 g/mol. The van der Waals surface area contributed by atoms with Crippen molar-refractivity contribution in [3.05, 3.63) is 64.9 Å². The molecule has 1 aromatic heterocycles. The first-order valence-electron chi connectivity index (χ1n) is 5.39. The molecule has 19 heavy (non-hydrogen) atoms. The van der Waals surface area contributed by atoms with Crippen LogP contribution < -0.4 is 22.7 Å². The van der Waals surface area contributed by atoms with Crippen molar-refractivity contribution in [2.75, 3.05) is 5.73 Å². The van der Waals surface area contributed by atoms with Crippen molar-refractivity contribution in [3.8, 4) is 0 Å². The minimum Gasteiger partial charge on any atom is -1.00 e. The second-order valence-electron chi connectivity index (χ2n) is 3.77. The molecule has 0 amide bonds. The molecule has 1 aromatic carbocycles. The van der Waals surface area contributed by atoms with Gasteiger partial charge in [0, 0.05) is 27.9 Å². The predicted octanol–water partition coefficient (Wildman–Crippen LogP) is -0.324. The lowest BCUT2D eigenvalue weighted by Gasteiger charge is -1.94. The first-order chi connectivity index (χ1) is 8.65. The minimum absolute atomic E-state index is 0. The smallest absolute Gasteiger partial charge is 0.191 e. The lowest BCUT2D eigenvalue weighted by molar-refractivity contribution is -0.568. The van der Waals surface area contributed by atoms with Crippen molar-refractivity contribution in [1.82, 2.24) is 0 Å². The summed E-state index contributed by atoms with van der Waals surface area (Å²) in [5, 5.41) is 0. The number of anilines is 1. The molecule has 0 aliphatic heterocycles. The highest BCUT2D eigenvalue weighted by Gasteiger charge is 2.02. The summed E-state index contributed by atoms with van der Waals surface area (Å²) in [6.07, 6.45) is 6.81. The molecule has 0 atom stereocenters. The van der Waals surface area contributed by atoms with Gasteiger partial charge in [0.15, 0.2) is 24.4 Å². The Morgan fingerprint density at radius 2 is 1.68 bits per heavy atom. The van der Waals surface area contributed by atoms with E-state index in [1.54, 1.807) is 47.4 Å². The van der Waals surface area contributed by atoms with Crippen molar-refractivity contribution in [1.29, 1.82) is 0 Å². The van der Waals surface area contributed by atoms with Crippen molar-refractivity contribution >= 4 is 33.6 Å². The van der Waals surface area contributed by atoms with Crippen LogP contribution in [0.3, 0.4) is 0 Å². The van der Waals surface area contributed by atoms with E-state index in [0.29, 0.717) is 11.3 Å². The van der Waals surface area contributed by atoms with Crippen molar-refractivity contribution in [2.24, 2.45) is 0 Å². The van der Waals surface area contributed by atoms with E-state index in [2.05, 4.69) is 15.9 Å². The van der Waals surface area contributed by atoms with Gasteiger partial charge >= 0.3 is 0 Å². The van der Waals surface area contributed by atoms with E-state index in [4.69, 9.17) is 5.73 Å². The second-order valence-corrected chi connectivity index (χ2v) is 4.68. The van der Waals surface area contributed by atoms with E-state index >= 15 is 0 Å². The van der Waals surface area contributed by atoms with Gasteiger partial charge in [0.05, 0.1) is 6.08 Å². The number of hydrogen-bond acceptors (Lipinski definition) is 2. The Balaban J connectivity index is 0.00000180. The lowest BCUT2D eigenvalue weighted by atomic mass is 10.1. The van der Waals surface area contributed by atoms with E-state index in [-0.39, 0.29) is 18.2 Å². The number of carbonyl (C=O) groups is 1. The molecule has 98 valence electrons. The maximum absolute atomic E-state index is 11.9. The zero-order chi connectivity index (χ0) is 13.0. The number of halogens is 2. The van der Waals surface area contributed by atoms with Crippen LogP contribution in [0, 0.1) is 0 Å². The molecule has 2 rings (SSSR count). The number of nitrogens with zero attached hydrogens (tertiary/aromatic N) is 1. The van der Waals surface area contributed by atoms with Gasteiger partial charge in [-0.15, -0.1) is 0 Å². The molecule has 0 saturated carbocycles. The molecule has 0 radical (unpaired) electrons. The Morgan fingerprint density at radius 3 is 2.26 bits per heavy atom. The fourth-order valence-electron chi connectivity index (χ4n) is 1.41. The maximum atomic E-state index is 11.9. The largest absolute Gasteiger partial charge is 1.00 e. The molecule has 0 aliphatic carbocycles. The second kappa shape index (κ2) is 7.07. The van der Waals surface area contributed by atoms with Gasteiger partial charge in [0.1, 0.15) is 0 Å². The van der Waals surface area contributed by atoms with Gasteiger partial charge in [-0.05, 0) is 24.3 Å². The summed E-state index contributed by atoms with van der Waals surface area (Å²) >= 11 is 3.33. The van der Waals surface area contributed by atoms with Gasteiger partial charge < -0.3 is 18.1 Å². The minimum atomic E-state index is -0.0353. The summed E-state index contributed by atoms with van der Waals surface area (Å²) in [4.78, 5) is 11.9. The Hall–Kier alpha value is -1.65. The number of rotatable bonds is 3. The van der Waals surface area contributed by atoms with E-state index in [9.17, 15) is 4.79 Å². The molecule has 0 unspecified atom stereocenters. The Bertz CT molecular complexity index is 579. The molecule has 2 aromatic rings. The van der Waals surface area contributed by atoms with Gasteiger partial charge in [0.25, 0.3) is 0 Å². The number of aromatic nitrogens is 1. The van der Waals surface area contributed by atoms with Crippen molar-refractivity contribution in [2.45, 2.75) is 0 Å². The van der Waals surface area contributed by atoms with Crippen LogP contribution in [0.4, 0.5) is 5.69 Å². The van der Waals surface area contributed by atoms with Gasteiger partial charge in [0.2, 0.25) is 0 Å². The molecule has 2 N–H and O–H groups in total. The molecule has 1 heterocycles. The third-order valence-electron chi connectivity index (χ3n) is 2.41. The summed E-state index contributed by atoms with van der Waals surface area (Å²) < 4.78 is 2.73. The molecule has 0 fully saturated rings.